The van der Waals surface area contributed by atoms with Gasteiger partial charge in [-0.05, 0) is 31.1 Å². The standard InChI is InChI=1S/C21H39N7O7/c1-10(2)8-14(20(34)35)27-19(33)16(11(3)4)28-18(32)13(9-15(29)30)26-17(31)12(22)6-5-7-25-21(23)24/h10-14,16H,5-9,22H2,1-4H3,(H,26,31)(H,27,33)(H,28,32)(H,29,30)(H,34,35)(H4,23,24,25). The van der Waals surface area contributed by atoms with Crippen molar-refractivity contribution in [2.45, 2.75) is 77.5 Å². The molecule has 4 unspecified atom stereocenters. The Morgan fingerprint density at radius 3 is 1.89 bits per heavy atom. The summed E-state index contributed by atoms with van der Waals surface area (Å²) in [6.45, 7) is 7.09. The zero-order valence-corrected chi connectivity index (χ0v) is 20.6. The lowest BCUT2D eigenvalue weighted by atomic mass is 10.00. The second-order valence-corrected chi connectivity index (χ2v) is 8.97. The SMILES string of the molecule is CC(C)CC(NC(=O)C(NC(=O)C(CC(=O)O)NC(=O)C(N)CCCN=C(N)N)C(C)C)C(=O)O. The van der Waals surface area contributed by atoms with E-state index in [2.05, 4.69) is 20.9 Å². The topological polar surface area (TPSA) is 252 Å². The summed E-state index contributed by atoms with van der Waals surface area (Å²) >= 11 is 0. The van der Waals surface area contributed by atoms with Gasteiger partial charge in [0.05, 0.1) is 12.5 Å². The molecule has 4 atom stereocenters. The van der Waals surface area contributed by atoms with Crippen LogP contribution in [-0.4, -0.2) is 76.5 Å². The highest BCUT2D eigenvalue weighted by Gasteiger charge is 2.32. The average Bonchev–Trinajstić information content (AvgIpc) is 2.72. The molecule has 0 radical (unpaired) electrons. The largest absolute Gasteiger partial charge is 0.481 e. The van der Waals surface area contributed by atoms with Crippen LogP contribution in [-0.2, 0) is 24.0 Å². The molecule has 0 rings (SSSR count). The zero-order valence-electron chi connectivity index (χ0n) is 20.6. The molecule has 3 amide bonds. The van der Waals surface area contributed by atoms with Crippen molar-refractivity contribution in [3.63, 3.8) is 0 Å². The molecule has 0 heterocycles. The van der Waals surface area contributed by atoms with E-state index in [4.69, 9.17) is 17.2 Å². The Hall–Kier alpha value is -3.42. The molecule has 0 aromatic carbocycles. The number of carbonyl (C=O) groups excluding carboxylic acids is 3. The molecule has 200 valence electrons. The van der Waals surface area contributed by atoms with Gasteiger partial charge in [-0.15, -0.1) is 0 Å². The minimum Gasteiger partial charge on any atom is -0.481 e. The first kappa shape index (κ1) is 31.6. The van der Waals surface area contributed by atoms with Crippen LogP contribution in [0.3, 0.4) is 0 Å². The van der Waals surface area contributed by atoms with E-state index in [0.717, 1.165) is 0 Å². The fraction of sp³-hybridized carbons (Fsp3) is 0.714. The van der Waals surface area contributed by atoms with Gasteiger partial charge in [0.1, 0.15) is 18.1 Å². The maximum atomic E-state index is 12.8. The minimum absolute atomic E-state index is 0.0117. The van der Waals surface area contributed by atoms with Crippen molar-refractivity contribution >= 4 is 35.6 Å². The first-order valence-corrected chi connectivity index (χ1v) is 11.3. The molecule has 0 aliphatic carbocycles. The van der Waals surface area contributed by atoms with E-state index >= 15 is 0 Å². The van der Waals surface area contributed by atoms with Gasteiger partial charge < -0.3 is 43.4 Å². The Morgan fingerprint density at radius 1 is 0.857 bits per heavy atom. The number of nitrogens with two attached hydrogens (primary N) is 3. The predicted molar refractivity (Wildman–Crippen MR) is 128 cm³/mol. The van der Waals surface area contributed by atoms with Crippen LogP contribution in [0.15, 0.2) is 4.99 Å². The van der Waals surface area contributed by atoms with Crippen molar-refractivity contribution in [1.82, 2.24) is 16.0 Å². The molecule has 0 aliphatic heterocycles. The summed E-state index contributed by atoms with van der Waals surface area (Å²) in [5.74, 6) is -5.58. The number of hydrogen-bond donors (Lipinski definition) is 8. The van der Waals surface area contributed by atoms with Gasteiger partial charge in [-0.2, -0.15) is 0 Å². The Bertz CT molecular complexity index is 782. The molecule has 0 aliphatic rings. The van der Waals surface area contributed by atoms with Crippen LogP contribution in [0.4, 0.5) is 0 Å². The summed E-state index contributed by atoms with van der Waals surface area (Å²) in [4.78, 5) is 64.5. The van der Waals surface area contributed by atoms with Crippen LogP contribution in [0.5, 0.6) is 0 Å². The molecular weight excluding hydrogens is 462 g/mol. The monoisotopic (exact) mass is 501 g/mol. The third kappa shape index (κ3) is 13.2. The third-order valence-electron chi connectivity index (χ3n) is 4.88. The molecule has 0 spiro atoms. The molecule has 0 aromatic rings. The van der Waals surface area contributed by atoms with Gasteiger partial charge in [-0.25, -0.2) is 4.79 Å². The predicted octanol–water partition coefficient (Wildman–Crippen LogP) is -1.92. The van der Waals surface area contributed by atoms with Crippen molar-refractivity contribution in [2.75, 3.05) is 6.54 Å². The molecule has 0 fully saturated rings. The second kappa shape index (κ2) is 15.5. The number of hydrogen-bond acceptors (Lipinski definition) is 7. The van der Waals surface area contributed by atoms with Crippen molar-refractivity contribution in [3.8, 4) is 0 Å². The minimum atomic E-state index is -1.51. The molecule has 14 heteroatoms. The third-order valence-corrected chi connectivity index (χ3v) is 4.88. The number of nitrogens with zero attached hydrogens (tertiary/aromatic N) is 1. The summed E-state index contributed by atoms with van der Waals surface area (Å²) in [5, 5.41) is 25.7. The van der Waals surface area contributed by atoms with E-state index in [1.165, 1.54) is 0 Å². The average molecular weight is 502 g/mol. The normalized spacial score (nSPS) is 14.4. The van der Waals surface area contributed by atoms with Gasteiger partial charge in [0.25, 0.3) is 0 Å². The summed E-state index contributed by atoms with van der Waals surface area (Å²) in [7, 11) is 0. The van der Waals surface area contributed by atoms with Gasteiger partial charge >= 0.3 is 11.9 Å². The summed E-state index contributed by atoms with van der Waals surface area (Å²) < 4.78 is 0. The molecule has 0 saturated carbocycles. The quantitative estimate of drug-likeness (QED) is 0.0661. The maximum absolute atomic E-state index is 12.8. The number of carbonyl (C=O) groups is 5. The number of carboxylic acid groups (broad SMARTS) is 2. The van der Waals surface area contributed by atoms with E-state index in [1.807, 2.05) is 0 Å². The van der Waals surface area contributed by atoms with Crippen molar-refractivity contribution in [1.29, 1.82) is 0 Å². The summed E-state index contributed by atoms with van der Waals surface area (Å²) in [6, 6.07) is -4.89. The lowest BCUT2D eigenvalue weighted by molar-refractivity contribution is -0.144. The van der Waals surface area contributed by atoms with Crippen LogP contribution < -0.4 is 33.2 Å². The first-order valence-electron chi connectivity index (χ1n) is 11.3. The fourth-order valence-corrected chi connectivity index (χ4v) is 3.06. The number of carboxylic acids is 2. The van der Waals surface area contributed by atoms with E-state index in [0.29, 0.717) is 6.42 Å². The van der Waals surface area contributed by atoms with E-state index in [9.17, 15) is 34.2 Å². The Labute approximate surface area is 204 Å². The van der Waals surface area contributed by atoms with Crippen molar-refractivity contribution in [3.05, 3.63) is 0 Å². The maximum Gasteiger partial charge on any atom is 0.326 e. The number of nitrogens with one attached hydrogen (secondary N) is 3. The summed E-state index contributed by atoms with van der Waals surface area (Å²) in [5.41, 5.74) is 16.2. The smallest absolute Gasteiger partial charge is 0.326 e. The van der Waals surface area contributed by atoms with Crippen LogP contribution in [0.25, 0.3) is 0 Å². The molecule has 35 heavy (non-hydrogen) atoms. The van der Waals surface area contributed by atoms with Crippen molar-refractivity contribution in [2.24, 2.45) is 34.0 Å². The highest BCUT2D eigenvalue weighted by atomic mass is 16.4. The summed E-state index contributed by atoms with van der Waals surface area (Å²) in [6.07, 6.45) is -0.0269. The van der Waals surface area contributed by atoms with Gasteiger partial charge in [0.15, 0.2) is 5.96 Å². The number of aliphatic imine (C=N–C) groups is 1. The number of amides is 3. The van der Waals surface area contributed by atoms with E-state index in [-0.39, 0.29) is 31.3 Å². The van der Waals surface area contributed by atoms with Crippen LogP contribution in [0.1, 0.15) is 53.4 Å². The van der Waals surface area contributed by atoms with E-state index < -0.39 is 66.2 Å². The highest BCUT2D eigenvalue weighted by Crippen LogP contribution is 2.09. The first-order chi connectivity index (χ1) is 16.1. The van der Waals surface area contributed by atoms with Crippen LogP contribution >= 0.6 is 0 Å². The highest BCUT2D eigenvalue weighted by molar-refractivity contribution is 5.95. The molecule has 14 nitrogen and oxygen atoms in total. The zero-order chi connectivity index (χ0) is 27.3. The van der Waals surface area contributed by atoms with Gasteiger partial charge in [0, 0.05) is 6.54 Å². The van der Waals surface area contributed by atoms with E-state index in [1.54, 1.807) is 27.7 Å². The van der Waals surface area contributed by atoms with Gasteiger partial charge in [0.2, 0.25) is 17.7 Å². The fourth-order valence-electron chi connectivity index (χ4n) is 3.06. The molecule has 0 bridgehead atoms. The lowest BCUT2D eigenvalue weighted by Crippen LogP contribution is -2.58. The molecular formula is C21H39N7O7. The van der Waals surface area contributed by atoms with Crippen LogP contribution in [0.2, 0.25) is 0 Å². The number of aliphatic carboxylic acids is 2. The Balaban J connectivity index is 5.34. The number of rotatable bonds is 16. The van der Waals surface area contributed by atoms with Gasteiger partial charge in [-0.1, -0.05) is 27.7 Å². The van der Waals surface area contributed by atoms with Crippen molar-refractivity contribution < 1.29 is 34.2 Å². The molecule has 0 aromatic heterocycles. The Kier molecular flexibility index (Phi) is 14.0. The molecule has 11 N–H and O–H groups in total. The van der Waals surface area contributed by atoms with Crippen LogP contribution in [0, 0.1) is 11.8 Å². The Morgan fingerprint density at radius 2 is 1.43 bits per heavy atom. The second-order valence-electron chi connectivity index (χ2n) is 8.97. The number of guanidine groups is 1. The van der Waals surface area contributed by atoms with Gasteiger partial charge in [-0.3, -0.25) is 24.2 Å². The lowest BCUT2D eigenvalue weighted by Gasteiger charge is -2.27. The molecule has 0 saturated heterocycles.